The van der Waals surface area contributed by atoms with Crippen LogP contribution < -0.4 is 19.5 Å². The Kier molecular flexibility index (Phi) is 6.15. The molecule has 0 aliphatic heterocycles. The predicted octanol–water partition coefficient (Wildman–Crippen LogP) is 3.27. The molecule has 136 valence electrons. The van der Waals surface area contributed by atoms with Gasteiger partial charge in [-0.05, 0) is 11.6 Å². The van der Waals surface area contributed by atoms with Gasteiger partial charge in [0.05, 0.1) is 26.3 Å². The molecule has 8 nitrogen and oxygen atoms in total. The highest BCUT2D eigenvalue weighted by molar-refractivity contribution is 6.02. The summed E-state index contributed by atoms with van der Waals surface area (Å²) in [6, 6.07) is 9.17. The first-order chi connectivity index (χ1) is 12.5. The molecule has 8 heteroatoms. The van der Waals surface area contributed by atoms with Crippen molar-refractivity contribution >= 4 is 23.4 Å². The topological polar surface area (TPSA) is 99.9 Å². The lowest BCUT2D eigenvalue weighted by atomic mass is 10.2. The van der Waals surface area contributed by atoms with Gasteiger partial charge < -0.3 is 19.5 Å². The van der Waals surface area contributed by atoms with Crippen molar-refractivity contribution in [2.75, 3.05) is 26.6 Å². The quantitative estimate of drug-likeness (QED) is 0.463. The number of benzene rings is 2. The van der Waals surface area contributed by atoms with Gasteiger partial charge >= 0.3 is 0 Å². The Morgan fingerprint density at radius 1 is 1.08 bits per heavy atom. The minimum atomic E-state index is -0.493. The number of nitrogens with zero attached hydrogens (tertiary/aromatic N) is 1. The van der Waals surface area contributed by atoms with E-state index in [-0.39, 0.29) is 5.69 Å². The summed E-state index contributed by atoms with van der Waals surface area (Å²) < 4.78 is 15.7. The lowest BCUT2D eigenvalue weighted by Crippen LogP contribution is -2.08. The zero-order chi connectivity index (χ0) is 19.1. The molecule has 26 heavy (non-hydrogen) atoms. The van der Waals surface area contributed by atoms with Crippen LogP contribution in [-0.4, -0.2) is 32.2 Å². The Hall–Kier alpha value is -3.55. The highest BCUT2D eigenvalue weighted by Gasteiger charge is 2.14. The maximum absolute atomic E-state index is 12.1. The third kappa shape index (κ3) is 4.50. The second-order valence-electron chi connectivity index (χ2n) is 5.09. The average molecular weight is 358 g/mol. The smallest absolute Gasteiger partial charge is 0.270 e. The molecule has 0 unspecified atom stereocenters. The summed E-state index contributed by atoms with van der Waals surface area (Å²) in [5.41, 5.74) is 0.949. The van der Waals surface area contributed by atoms with E-state index < -0.39 is 10.8 Å². The van der Waals surface area contributed by atoms with Gasteiger partial charge in [0.2, 0.25) is 11.7 Å². The van der Waals surface area contributed by atoms with E-state index in [0.717, 1.165) is 0 Å². The van der Waals surface area contributed by atoms with Gasteiger partial charge in [0.15, 0.2) is 11.5 Å². The van der Waals surface area contributed by atoms with E-state index in [9.17, 15) is 14.9 Å². The molecule has 0 saturated carbocycles. The van der Waals surface area contributed by atoms with Crippen LogP contribution in [0.4, 0.5) is 11.4 Å². The largest absolute Gasteiger partial charge is 0.493 e. The summed E-state index contributed by atoms with van der Waals surface area (Å²) in [4.78, 5) is 22.4. The summed E-state index contributed by atoms with van der Waals surface area (Å²) in [6.07, 6.45) is 2.77. The molecule has 0 aliphatic rings. The van der Waals surface area contributed by atoms with Crippen LogP contribution in [0.5, 0.6) is 17.2 Å². The molecule has 0 spiro atoms. The van der Waals surface area contributed by atoms with Crippen molar-refractivity contribution in [1.29, 1.82) is 0 Å². The monoisotopic (exact) mass is 358 g/mol. The molecule has 2 aromatic rings. The summed E-state index contributed by atoms with van der Waals surface area (Å²) >= 11 is 0. The van der Waals surface area contributed by atoms with Gasteiger partial charge in [0.25, 0.3) is 5.69 Å². The van der Waals surface area contributed by atoms with E-state index in [4.69, 9.17) is 14.2 Å². The van der Waals surface area contributed by atoms with E-state index in [2.05, 4.69) is 5.32 Å². The number of non-ortho nitro benzene ring substituents is 1. The Bertz CT molecular complexity index is 822. The lowest BCUT2D eigenvalue weighted by molar-refractivity contribution is -0.384. The van der Waals surface area contributed by atoms with Gasteiger partial charge in [-0.25, -0.2) is 0 Å². The first kappa shape index (κ1) is 18.8. The van der Waals surface area contributed by atoms with Crippen molar-refractivity contribution in [1.82, 2.24) is 0 Å². The van der Waals surface area contributed by atoms with E-state index in [0.29, 0.717) is 28.5 Å². The maximum Gasteiger partial charge on any atom is 0.270 e. The molecule has 0 aromatic heterocycles. The zero-order valence-electron chi connectivity index (χ0n) is 14.5. The number of nitrogens with one attached hydrogen (secondary N) is 1. The van der Waals surface area contributed by atoms with Crippen molar-refractivity contribution < 1.29 is 23.9 Å². The molecule has 0 aliphatic carbocycles. The minimum Gasteiger partial charge on any atom is -0.493 e. The molecule has 2 rings (SSSR count). The maximum atomic E-state index is 12.1. The number of carbonyl (C=O) groups is 1. The SMILES string of the molecule is COc1cc(NC(=O)/C=C/c2cccc([N+](=O)[O-])c2)cc(OC)c1OC. The first-order valence-electron chi connectivity index (χ1n) is 7.52. The van der Waals surface area contributed by atoms with Crippen LogP contribution in [0, 0.1) is 10.1 Å². The fraction of sp³-hybridized carbons (Fsp3) is 0.167. The number of methoxy groups -OCH3 is 3. The zero-order valence-corrected chi connectivity index (χ0v) is 14.5. The molecule has 1 N–H and O–H groups in total. The van der Waals surface area contributed by atoms with Crippen LogP contribution in [0.15, 0.2) is 42.5 Å². The van der Waals surface area contributed by atoms with Crippen LogP contribution in [0.2, 0.25) is 0 Å². The predicted molar refractivity (Wildman–Crippen MR) is 96.9 cm³/mol. The Morgan fingerprint density at radius 3 is 2.27 bits per heavy atom. The van der Waals surface area contributed by atoms with Gasteiger partial charge in [0, 0.05) is 36.0 Å². The van der Waals surface area contributed by atoms with Gasteiger partial charge in [0.1, 0.15) is 0 Å². The molecule has 0 radical (unpaired) electrons. The number of nitro groups is 1. The Balaban J connectivity index is 2.17. The van der Waals surface area contributed by atoms with Crippen LogP contribution in [0.1, 0.15) is 5.56 Å². The molecule has 1 amide bonds. The van der Waals surface area contributed by atoms with E-state index >= 15 is 0 Å². The number of amides is 1. The van der Waals surface area contributed by atoms with E-state index in [1.807, 2.05) is 0 Å². The first-order valence-corrected chi connectivity index (χ1v) is 7.52. The Labute approximate surface area is 150 Å². The second-order valence-corrected chi connectivity index (χ2v) is 5.09. The average Bonchev–Trinajstić information content (AvgIpc) is 2.65. The fourth-order valence-electron chi connectivity index (χ4n) is 2.25. The molecule has 0 atom stereocenters. The summed E-state index contributed by atoms with van der Waals surface area (Å²) in [7, 11) is 4.44. The number of nitro benzene ring substituents is 1. The van der Waals surface area contributed by atoms with E-state index in [1.54, 1.807) is 24.3 Å². The third-order valence-corrected chi connectivity index (χ3v) is 3.44. The van der Waals surface area contributed by atoms with Crippen molar-refractivity contribution in [2.45, 2.75) is 0 Å². The molecular weight excluding hydrogens is 340 g/mol. The number of carbonyl (C=O) groups excluding carboxylic acids is 1. The van der Waals surface area contributed by atoms with Crippen molar-refractivity contribution in [3.63, 3.8) is 0 Å². The van der Waals surface area contributed by atoms with Crippen LogP contribution in [0.3, 0.4) is 0 Å². The molecular formula is C18H18N2O6. The van der Waals surface area contributed by atoms with Crippen molar-refractivity contribution in [3.8, 4) is 17.2 Å². The molecule has 0 heterocycles. The normalized spacial score (nSPS) is 10.4. The fourth-order valence-corrected chi connectivity index (χ4v) is 2.25. The number of anilines is 1. The summed E-state index contributed by atoms with van der Waals surface area (Å²) in [5.74, 6) is 0.820. The lowest BCUT2D eigenvalue weighted by Gasteiger charge is -2.14. The van der Waals surface area contributed by atoms with Gasteiger partial charge in [-0.1, -0.05) is 12.1 Å². The summed E-state index contributed by atoms with van der Waals surface area (Å²) in [6.45, 7) is 0. The van der Waals surface area contributed by atoms with Crippen molar-refractivity contribution in [3.05, 3.63) is 58.2 Å². The standard InChI is InChI=1S/C18H18N2O6/c1-24-15-10-13(11-16(25-2)18(15)26-3)19-17(21)8-7-12-5-4-6-14(9-12)20(22)23/h4-11H,1-3H3,(H,19,21)/b8-7+. The molecule has 0 bridgehead atoms. The van der Waals surface area contributed by atoms with Gasteiger partial charge in [-0.2, -0.15) is 0 Å². The Morgan fingerprint density at radius 2 is 1.73 bits per heavy atom. The molecule has 2 aromatic carbocycles. The van der Waals surface area contributed by atoms with Gasteiger partial charge in [-0.3, -0.25) is 14.9 Å². The van der Waals surface area contributed by atoms with Gasteiger partial charge in [-0.15, -0.1) is 0 Å². The number of hydrogen-bond acceptors (Lipinski definition) is 6. The molecule has 0 fully saturated rings. The van der Waals surface area contributed by atoms with Crippen LogP contribution >= 0.6 is 0 Å². The third-order valence-electron chi connectivity index (χ3n) is 3.44. The second kappa shape index (κ2) is 8.52. The molecule has 0 saturated heterocycles. The number of hydrogen-bond donors (Lipinski definition) is 1. The highest BCUT2D eigenvalue weighted by atomic mass is 16.6. The van der Waals surface area contributed by atoms with E-state index in [1.165, 1.54) is 45.6 Å². The summed E-state index contributed by atoms with van der Waals surface area (Å²) in [5, 5.41) is 13.4. The van der Waals surface area contributed by atoms with Crippen LogP contribution in [0.25, 0.3) is 6.08 Å². The van der Waals surface area contributed by atoms with Crippen molar-refractivity contribution in [2.24, 2.45) is 0 Å². The minimum absolute atomic E-state index is 0.0443. The number of ether oxygens (including phenoxy) is 3. The number of rotatable bonds is 7. The highest BCUT2D eigenvalue weighted by Crippen LogP contribution is 2.39. The van der Waals surface area contributed by atoms with Crippen LogP contribution in [-0.2, 0) is 4.79 Å².